The quantitative estimate of drug-likeness (QED) is 0.544. The average molecular weight is 224 g/mol. The monoisotopic (exact) mass is 224 g/mol. The summed E-state index contributed by atoms with van der Waals surface area (Å²) in [6.45, 7) is 10.3. The fourth-order valence-corrected chi connectivity index (χ4v) is 8.03. The molecule has 0 unspecified atom stereocenters. The standard InChI is InChI=1S/C8H21O3PSi/c1-8(2,3)13(6,7)12(9,10-4)11-5/h1-7H3. The van der Waals surface area contributed by atoms with Gasteiger partial charge in [0.2, 0.25) is 0 Å². The fraction of sp³-hybridized carbons (Fsp3) is 1.00. The van der Waals surface area contributed by atoms with E-state index in [2.05, 4.69) is 20.8 Å². The Labute approximate surface area is 82.2 Å². The van der Waals surface area contributed by atoms with Crippen molar-refractivity contribution in [3.63, 3.8) is 0 Å². The van der Waals surface area contributed by atoms with E-state index in [0.29, 0.717) is 0 Å². The van der Waals surface area contributed by atoms with Crippen LogP contribution in [-0.4, -0.2) is 22.0 Å². The molecule has 0 rings (SSSR count). The van der Waals surface area contributed by atoms with E-state index < -0.39 is 14.9 Å². The molecule has 3 nitrogen and oxygen atoms in total. The second kappa shape index (κ2) is 3.85. The smallest absolute Gasteiger partial charge is 0.297 e. The second-order valence-corrected chi connectivity index (χ2v) is 16.0. The van der Waals surface area contributed by atoms with Gasteiger partial charge in [0.1, 0.15) is 0 Å². The first kappa shape index (κ1) is 13.4. The lowest BCUT2D eigenvalue weighted by molar-refractivity contribution is 0.289. The molecule has 0 aliphatic carbocycles. The van der Waals surface area contributed by atoms with Crippen LogP contribution in [0.2, 0.25) is 18.1 Å². The minimum Gasteiger partial charge on any atom is -0.316 e. The van der Waals surface area contributed by atoms with Crippen molar-refractivity contribution in [2.75, 3.05) is 14.2 Å². The van der Waals surface area contributed by atoms with Crippen LogP contribution in [0.1, 0.15) is 20.8 Å². The van der Waals surface area contributed by atoms with E-state index in [-0.39, 0.29) is 5.04 Å². The third-order valence-corrected chi connectivity index (χ3v) is 16.2. The number of rotatable bonds is 3. The molecule has 0 N–H and O–H groups in total. The van der Waals surface area contributed by atoms with Crippen molar-refractivity contribution >= 4 is 14.9 Å². The Kier molecular flexibility index (Phi) is 3.96. The average Bonchev–Trinajstić information content (AvgIpc) is 2.00. The fourth-order valence-electron chi connectivity index (χ4n) is 0.942. The molecule has 0 amide bonds. The maximum atomic E-state index is 12.2. The van der Waals surface area contributed by atoms with Crippen molar-refractivity contribution in [1.29, 1.82) is 0 Å². The Morgan fingerprint density at radius 2 is 1.38 bits per heavy atom. The first-order chi connectivity index (χ1) is 5.62. The van der Waals surface area contributed by atoms with Crippen molar-refractivity contribution in [1.82, 2.24) is 0 Å². The Morgan fingerprint density at radius 1 is 1.08 bits per heavy atom. The zero-order valence-corrected chi connectivity index (χ0v) is 11.6. The summed E-state index contributed by atoms with van der Waals surface area (Å²) in [5.74, 6) is 0. The second-order valence-electron chi connectivity index (χ2n) is 4.67. The summed E-state index contributed by atoms with van der Waals surface area (Å²) < 4.78 is 22.4. The largest absolute Gasteiger partial charge is 0.316 e. The van der Waals surface area contributed by atoms with Crippen molar-refractivity contribution < 1.29 is 13.6 Å². The van der Waals surface area contributed by atoms with Crippen molar-refractivity contribution in [3.05, 3.63) is 0 Å². The molecule has 0 aromatic rings. The van der Waals surface area contributed by atoms with Gasteiger partial charge in [-0.1, -0.05) is 33.9 Å². The molecule has 13 heavy (non-hydrogen) atoms. The Balaban J connectivity index is 5.13. The molecule has 0 spiro atoms. The maximum absolute atomic E-state index is 12.2. The number of hydrogen-bond acceptors (Lipinski definition) is 3. The molecular formula is C8H21O3PSi. The third kappa shape index (κ3) is 2.24. The van der Waals surface area contributed by atoms with Gasteiger partial charge in [0.15, 0.2) is 7.74 Å². The molecule has 0 fully saturated rings. The zero-order valence-electron chi connectivity index (χ0n) is 9.67. The van der Waals surface area contributed by atoms with E-state index >= 15 is 0 Å². The lowest BCUT2D eigenvalue weighted by Gasteiger charge is -2.39. The van der Waals surface area contributed by atoms with E-state index in [4.69, 9.17) is 9.05 Å². The van der Waals surface area contributed by atoms with E-state index in [9.17, 15) is 4.57 Å². The topological polar surface area (TPSA) is 35.5 Å². The Bertz CT molecular complexity index is 212. The molecule has 0 atom stereocenters. The molecule has 80 valence electrons. The molecule has 0 saturated carbocycles. The third-order valence-electron chi connectivity index (χ3n) is 3.00. The minimum atomic E-state index is -2.87. The predicted octanol–water partition coefficient (Wildman–Crippen LogP) is 3.48. The van der Waals surface area contributed by atoms with Crippen LogP contribution in [-0.2, 0) is 13.6 Å². The summed E-state index contributed by atoms with van der Waals surface area (Å²) in [6, 6.07) is 0. The van der Waals surface area contributed by atoms with Crippen LogP contribution in [0.25, 0.3) is 0 Å². The Morgan fingerprint density at radius 3 is 1.46 bits per heavy atom. The SMILES string of the molecule is COP(=O)(OC)[Si](C)(C)C(C)(C)C. The summed E-state index contributed by atoms with van der Waals surface area (Å²) in [6.07, 6.45) is 0. The molecule has 0 saturated heterocycles. The Hall–Kier alpha value is 0.367. The highest BCUT2D eigenvalue weighted by molar-refractivity contribution is 7.93. The van der Waals surface area contributed by atoms with Gasteiger partial charge in [-0.3, -0.25) is 4.57 Å². The molecular weight excluding hydrogens is 203 g/mol. The van der Waals surface area contributed by atoms with Crippen LogP contribution in [0.4, 0.5) is 0 Å². The van der Waals surface area contributed by atoms with Gasteiger partial charge in [0.25, 0.3) is 7.14 Å². The first-order valence-electron chi connectivity index (χ1n) is 4.34. The molecule has 0 aliphatic rings. The molecule has 0 aliphatic heterocycles. The molecule has 0 bridgehead atoms. The number of hydrogen-bond donors (Lipinski definition) is 0. The summed E-state index contributed by atoms with van der Waals surface area (Å²) in [7, 11) is -1.99. The predicted molar refractivity (Wildman–Crippen MR) is 58.8 cm³/mol. The van der Waals surface area contributed by atoms with Crippen molar-refractivity contribution in [2.24, 2.45) is 0 Å². The molecule has 0 aromatic heterocycles. The van der Waals surface area contributed by atoms with Crippen LogP contribution in [0.5, 0.6) is 0 Å². The van der Waals surface area contributed by atoms with E-state index in [1.54, 1.807) is 0 Å². The van der Waals surface area contributed by atoms with Gasteiger partial charge in [0.05, 0.1) is 0 Å². The molecule has 0 heterocycles. The summed E-state index contributed by atoms with van der Waals surface area (Å²) in [4.78, 5) is 0. The van der Waals surface area contributed by atoms with Gasteiger partial charge in [-0.2, -0.15) is 0 Å². The van der Waals surface area contributed by atoms with Crippen LogP contribution in [0, 0.1) is 0 Å². The van der Waals surface area contributed by atoms with Gasteiger partial charge in [-0.05, 0) is 5.04 Å². The highest BCUT2D eigenvalue weighted by Gasteiger charge is 2.52. The molecule has 5 heteroatoms. The van der Waals surface area contributed by atoms with E-state index in [1.165, 1.54) is 14.2 Å². The van der Waals surface area contributed by atoms with Crippen molar-refractivity contribution in [3.8, 4) is 0 Å². The maximum Gasteiger partial charge on any atom is 0.297 e. The highest BCUT2D eigenvalue weighted by atomic mass is 31.4. The highest BCUT2D eigenvalue weighted by Crippen LogP contribution is 2.64. The van der Waals surface area contributed by atoms with Gasteiger partial charge >= 0.3 is 0 Å². The lowest BCUT2D eigenvalue weighted by Crippen LogP contribution is -2.38. The van der Waals surface area contributed by atoms with Gasteiger partial charge < -0.3 is 9.05 Å². The summed E-state index contributed by atoms with van der Waals surface area (Å²) in [5, 5.41) is 0.00848. The van der Waals surface area contributed by atoms with E-state index in [1.807, 2.05) is 13.1 Å². The van der Waals surface area contributed by atoms with Gasteiger partial charge in [-0.25, -0.2) is 0 Å². The van der Waals surface area contributed by atoms with E-state index in [0.717, 1.165) is 0 Å². The summed E-state index contributed by atoms with van der Waals surface area (Å²) in [5.41, 5.74) is 0. The lowest BCUT2D eigenvalue weighted by atomic mass is 10.2. The van der Waals surface area contributed by atoms with Crippen LogP contribution >= 0.6 is 7.14 Å². The molecule has 0 radical (unpaired) electrons. The zero-order chi connectivity index (χ0) is 10.9. The normalized spacial score (nSPS) is 14.7. The van der Waals surface area contributed by atoms with Gasteiger partial charge in [-0.15, -0.1) is 0 Å². The van der Waals surface area contributed by atoms with Crippen LogP contribution in [0.15, 0.2) is 0 Å². The van der Waals surface area contributed by atoms with Crippen molar-refractivity contribution in [2.45, 2.75) is 38.9 Å². The minimum absolute atomic E-state index is 0.00848. The van der Waals surface area contributed by atoms with Gasteiger partial charge in [0, 0.05) is 14.2 Å². The van der Waals surface area contributed by atoms with Crippen LogP contribution < -0.4 is 0 Å². The van der Waals surface area contributed by atoms with Crippen LogP contribution in [0.3, 0.4) is 0 Å². The molecule has 0 aromatic carbocycles. The first-order valence-corrected chi connectivity index (χ1v) is 9.72. The summed E-state index contributed by atoms with van der Waals surface area (Å²) >= 11 is 0.